The Balaban J connectivity index is 2.01. The highest BCUT2D eigenvalue weighted by atomic mass is 32.1. The number of carbonyl (C=O) groups excluding carboxylic acids is 1. The van der Waals surface area contributed by atoms with Crippen LogP contribution >= 0.6 is 19.1 Å². The Morgan fingerprint density at radius 2 is 1.97 bits per heavy atom. The molecule has 0 spiro atoms. The minimum absolute atomic E-state index is 0.0218. The summed E-state index contributed by atoms with van der Waals surface area (Å²) in [5.41, 5.74) is 0.706. The van der Waals surface area contributed by atoms with E-state index in [0.717, 1.165) is 11.3 Å². The summed E-state index contributed by atoms with van der Waals surface area (Å²) < 4.78 is 30.3. The van der Waals surface area contributed by atoms with Crippen LogP contribution < -0.4 is 4.52 Å². The maximum atomic E-state index is 13.0. The van der Waals surface area contributed by atoms with Crippen LogP contribution in [0.15, 0.2) is 49.1 Å². The van der Waals surface area contributed by atoms with Crippen LogP contribution in [0.3, 0.4) is 0 Å². The first-order valence-electron chi connectivity index (χ1n) is 8.44. The lowest BCUT2D eigenvalue weighted by atomic mass is 10.1. The molecule has 1 aromatic heterocycles. The average Bonchev–Trinajstić information content (AvgIpc) is 3.16. The molecule has 156 valence electrons. The summed E-state index contributed by atoms with van der Waals surface area (Å²) in [7, 11) is -0.597. The van der Waals surface area contributed by atoms with E-state index in [2.05, 4.69) is 6.58 Å². The van der Waals surface area contributed by atoms with Crippen LogP contribution in [0.5, 0.6) is 5.75 Å². The Morgan fingerprint density at radius 3 is 2.52 bits per heavy atom. The smallest absolute Gasteiger partial charge is 0.461 e. The van der Waals surface area contributed by atoms with Gasteiger partial charge in [-0.1, -0.05) is 36.1 Å². The molecule has 1 atom stereocenters. The molecular formula is C18H21N2O7PS. The monoisotopic (exact) mass is 440 g/mol. The van der Waals surface area contributed by atoms with Gasteiger partial charge in [-0.05, 0) is 37.9 Å². The Morgan fingerprint density at radius 1 is 1.28 bits per heavy atom. The van der Waals surface area contributed by atoms with Crippen LogP contribution in [0.25, 0.3) is 0 Å². The number of carbonyl (C=O) groups is 1. The van der Waals surface area contributed by atoms with Crippen molar-refractivity contribution in [3.8, 4) is 5.75 Å². The van der Waals surface area contributed by atoms with E-state index >= 15 is 0 Å². The zero-order valence-corrected chi connectivity index (χ0v) is 17.7. The number of benzene rings is 1. The summed E-state index contributed by atoms with van der Waals surface area (Å²) >= 11 is 0.944. The van der Waals surface area contributed by atoms with Crippen LogP contribution in [0.2, 0.25) is 0 Å². The first kappa shape index (κ1) is 22.8. The van der Waals surface area contributed by atoms with Gasteiger partial charge in [-0.15, -0.1) is 0 Å². The molecule has 29 heavy (non-hydrogen) atoms. The SMILES string of the molecule is C=CCOC(=O)Cc1ccc(OP(=O)(OCc2ccc([N+](=O)[O-])s2)N(C)C)cc1. The van der Waals surface area contributed by atoms with Gasteiger partial charge in [0.25, 0.3) is 0 Å². The highest BCUT2D eigenvalue weighted by molar-refractivity contribution is 7.51. The third-order valence-electron chi connectivity index (χ3n) is 3.54. The topological polar surface area (TPSA) is 108 Å². The first-order chi connectivity index (χ1) is 13.7. The minimum atomic E-state index is -3.68. The van der Waals surface area contributed by atoms with Crippen molar-refractivity contribution in [2.24, 2.45) is 0 Å². The zero-order valence-electron chi connectivity index (χ0n) is 16.0. The molecule has 0 aliphatic carbocycles. The molecule has 0 aliphatic rings. The number of hydrogen-bond donors (Lipinski definition) is 0. The van der Waals surface area contributed by atoms with E-state index in [1.54, 1.807) is 44.4 Å². The van der Waals surface area contributed by atoms with Gasteiger partial charge in [-0.25, -0.2) is 9.24 Å². The molecule has 0 amide bonds. The van der Waals surface area contributed by atoms with Crippen molar-refractivity contribution in [2.45, 2.75) is 13.0 Å². The molecule has 0 N–H and O–H groups in total. The number of ether oxygens (including phenoxy) is 1. The third-order valence-corrected chi connectivity index (χ3v) is 6.43. The molecule has 0 aliphatic heterocycles. The molecule has 0 radical (unpaired) electrons. The molecule has 1 aromatic carbocycles. The second kappa shape index (κ2) is 10.3. The molecule has 0 saturated carbocycles. The van der Waals surface area contributed by atoms with Crippen LogP contribution in [-0.4, -0.2) is 36.3 Å². The van der Waals surface area contributed by atoms with Gasteiger partial charge in [0.15, 0.2) is 0 Å². The molecule has 0 fully saturated rings. The molecule has 0 bridgehead atoms. The van der Waals surface area contributed by atoms with Gasteiger partial charge in [0.2, 0.25) is 0 Å². The molecule has 2 rings (SSSR count). The first-order valence-corrected chi connectivity index (χ1v) is 10.8. The van der Waals surface area contributed by atoms with Crippen molar-refractivity contribution in [3.05, 3.63) is 69.6 Å². The predicted octanol–water partition coefficient (Wildman–Crippen LogP) is 4.19. The quantitative estimate of drug-likeness (QED) is 0.168. The number of hydrogen-bond acceptors (Lipinski definition) is 8. The summed E-state index contributed by atoms with van der Waals surface area (Å²) in [6.07, 6.45) is 1.58. The van der Waals surface area contributed by atoms with Crippen molar-refractivity contribution < 1.29 is 28.1 Å². The lowest BCUT2D eigenvalue weighted by molar-refractivity contribution is -0.380. The molecule has 1 unspecified atom stereocenters. The van der Waals surface area contributed by atoms with Crippen molar-refractivity contribution in [1.29, 1.82) is 0 Å². The zero-order chi connectivity index (χ0) is 21.4. The van der Waals surface area contributed by atoms with E-state index in [1.807, 2.05) is 0 Å². The van der Waals surface area contributed by atoms with E-state index in [0.29, 0.717) is 16.2 Å². The van der Waals surface area contributed by atoms with E-state index in [1.165, 1.54) is 16.8 Å². The van der Waals surface area contributed by atoms with Gasteiger partial charge in [0, 0.05) is 10.9 Å². The van der Waals surface area contributed by atoms with Crippen LogP contribution in [0.1, 0.15) is 10.4 Å². The molecular weight excluding hydrogens is 419 g/mol. The maximum Gasteiger partial charge on any atom is 0.461 e. The molecule has 2 aromatic rings. The number of esters is 1. The van der Waals surface area contributed by atoms with Gasteiger partial charge < -0.3 is 9.26 Å². The Labute approximate surface area is 172 Å². The van der Waals surface area contributed by atoms with Crippen molar-refractivity contribution >= 4 is 30.1 Å². The molecule has 0 saturated heterocycles. The van der Waals surface area contributed by atoms with Crippen LogP contribution in [0, 0.1) is 10.1 Å². The van der Waals surface area contributed by atoms with Crippen LogP contribution in [0.4, 0.5) is 5.00 Å². The summed E-state index contributed by atoms with van der Waals surface area (Å²) in [5, 5.41) is 10.7. The number of nitro groups is 1. The Hall–Kier alpha value is -2.52. The van der Waals surface area contributed by atoms with Crippen molar-refractivity contribution in [3.63, 3.8) is 0 Å². The predicted molar refractivity (Wildman–Crippen MR) is 109 cm³/mol. The van der Waals surface area contributed by atoms with Crippen molar-refractivity contribution in [1.82, 2.24) is 4.67 Å². The fourth-order valence-corrected chi connectivity index (χ4v) is 4.04. The Kier molecular flexibility index (Phi) is 8.10. The van der Waals surface area contributed by atoms with E-state index in [-0.39, 0.29) is 30.6 Å². The van der Waals surface area contributed by atoms with Crippen molar-refractivity contribution in [2.75, 3.05) is 20.7 Å². The van der Waals surface area contributed by atoms with E-state index < -0.39 is 12.7 Å². The van der Waals surface area contributed by atoms with Gasteiger partial charge >= 0.3 is 18.7 Å². The highest BCUT2D eigenvalue weighted by Gasteiger charge is 2.30. The summed E-state index contributed by atoms with van der Waals surface area (Å²) in [6, 6.07) is 9.38. The summed E-state index contributed by atoms with van der Waals surface area (Å²) in [4.78, 5) is 22.4. The summed E-state index contributed by atoms with van der Waals surface area (Å²) in [6.45, 7) is 3.53. The largest absolute Gasteiger partial charge is 0.461 e. The van der Waals surface area contributed by atoms with Gasteiger partial charge in [0.1, 0.15) is 12.4 Å². The standard InChI is InChI=1S/C18H21N2O7PS/c1-4-11-25-18(21)12-14-5-7-15(8-6-14)27-28(24,19(2)3)26-13-16-9-10-17(29-16)20(22)23/h4-10H,1,11-13H2,2-3H3. The number of nitrogens with zero attached hydrogens (tertiary/aromatic N) is 2. The lowest BCUT2D eigenvalue weighted by Crippen LogP contribution is -2.15. The van der Waals surface area contributed by atoms with Gasteiger partial charge in [-0.2, -0.15) is 0 Å². The summed E-state index contributed by atoms with van der Waals surface area (Å²) in [5.74, 6) is -0.0895. The third kappa shape index (κ3) is 6.79. The second-order valence-corrected chi connectivity index (χ2v) is 9.29. The molecule has 11 heteroatoms. The fourth-order valence-electron chi connectivity index (χ4n) is 2.08. The lowest BCUT2D eigenvalue weighted by Gasteiger charge is -2.24. The van der Waals surface area contributed by atoms with E-state index in [9.17, 15) is 19.5 Å². The van der Waals surface area contributed by atoms with Crippen LogP contribution in [-0.2, 0) is 31.6 Å². The fraction of sp³-hybridized carbons (Fsp3) is 0.278. The van der Waals surface area contributed by atoms with Gasteiger partial charge in [0.05, 0.1) is 18.0 Å². The normalized spacial score (nSPS) is 12.9. The number of rotatable bonds is 11. The second-order valence-electron chi connectivity index (χ2n) is 5.97. The average molecular weight is 440 g/mol. The maximum absolute atomic E-state index is 13.0. The minimum Gasteiger partial charge on any atom is -0.461 e. The Bertz CT molecular complexity index is 911. The van der Waals surface area contributed by atoms with E-state index in [4.69, 9.17) is 13.8 Å². The number of thiophene rings is 1. The van der Waals surface area contributed by atoms with Gasteiger partial charge in [-0.3, -0.25) is 19.4 Å². The molecule has 9 nitrogen and oxygen atoms in total. The molecule has 1 heterocycles. The highest BCUT2D eigenvalue weighted by Crippen LogP contribution is 2.51.